The first-order valence-electron chi connectivity index (χ1n) is 8.16. The molecule has 140 valence electrons. The van der Waals surface area contributed by atoms with E-state index in [0.717, 1.165) is 9.64 Å². The third-order valence-corrected chi connectivity index (χ3v) is 4.85. The van der Waals surface area contributed by atoms with Gasteiger partial charge in [0.05, 0.1) is 5.56 Å². The van der Waals surface area contributed by atoms with Crippen LogP contribution >= 0.6 is 22.6 Å². The van der Waals surface area contributed by atoms with Crippen LogP contribution in [0.2, 0.25) is 0 Å². The van der Waals surface area contributed by atoms with E-state index in [1.165, 1.54) is 6.07 Å². The van der Waals surface area contributed by atoms with Crippen LogP contribution in [0.5, 0.6) is 5.75 Å². The molecule has 0 aromatic heterocycles. The first kappa shape index (κ1) is 20.5. The molecule has 7 heteroatoms. The number of aryl methyl sites for hydroxylation is 1. The van der Waals surface area contributed by atoms with E-state index in [9.17, 15) is 18.0 Å². The van der Waals surface area contributed by atoms with E-state index in [4.69, 9.17) is 4.74 Å². The summed E-state index contributed by atoms with van der Waals surface area (Å²) in [6, 6.07) is 9.38. The van der Waals surface area contributed by atoms with Gasteiger partial charge in [-0.2, -0.15) is 13.2 Å². The monoisotopic (exact) mass is 477 g/mol. The molecule has 0 aliphatic heterocycles. The Hall–Kier alpha value is -1.77. The molecule has 0 fully saturated rings. The molecule has 26 heavy (non-hydrogen) atoms. The number of rotatable bonds is 6. The van der Waals surface area contributed by atoms with Gasteiger partial charge in [-0.15, -0.1) is 0 Å². The summed E-state index contributed by atoms with van der Waals surface area (Å²) >= 11 is 2.07. The van der Waals surface area contributed by atoms with Gasteiger partial charge in [0.25, 0.3) is 0 Å². The summed E-state index contributed by atoms with van der Waals surface area (Å²) < 4.78 is 46.3. The van der Waals surface area contributed by atoms with Crippen LogP contribution < -0.4 is 10.1 Å². The topological polar surface area (TPSA) is 38.3 Å². The van der Waals surface area contributed by atoms with E-state index in [1.807, 2.05) is 6.07 Å². The van der Waals surface area contributed by atoms with Crippen molar-refractivity contribution in [2.24, 2.45) is 0 Å². The maximum Gasteiger partial charge on any atom is 0.419 e. The molecule has 1 N–H and O–H groups in total. The van der Waals surface area contributed by atoms with Crippen molar-refractivity contribution in [3.8, 4) is 5.75 Å². The van der Waals surface area contributed by atoms with Crippen LogP contribution in [0.4, 0.5) is 18.9 Å². The van der Waals surface area contributed by atoms with Crippen LogP contribution in [0.3, 0.4) is 0 Å². The Morgan fingerprint density at radius 3 is 2.54 bits per heavy atom. The molecule has 0 atom stereocenters. The van der Waals surface area contributed by atoms with Gasteiger partial charge >= 0.3 is 6.18 Å². The molecule has 0 aliphatic carbocycles. The van der Waals surface area contributed by atoms with E-state index in [0.29, 0.717) is 29.7 Å². The molecule has 2 aromatic rings. The summed E-state index contributed by atoms with van der Waals surface area (Å²) in [6.07, 6.45) is -3.68. The van der Waals surface area contributed by atoms with E-state index in [1.54, 1.807) is 32.0 Å². The molecule has 0 aliphatic rings. The third kappa shape index (κ3) is 5.12. The first-order valence-corrected chi connectivity index (χ1v) is 9.24. The van der Waals surface area contributed by atoms with Crippen molar-refractivity contribution in [1.82, 2.24) is 0 Å². The molecule has 0 heterocycles. The van der Waals surface area contributed by atoms with Gasteiger partial charge in [0.15, 0.2) is 0 Å². The van der Waals surface area contributed by atoms with Crippen LogP contribution in [0.1, 0.15) is 37.0 Å². The highest BCUT2D eigenvalue weighted by molar-refractivity contribution is 14.1. The van der Waals surface area contributed by atoms with Crippen LogP contribution in [0, 0.1) is 3.57 Å². The van der Waals surface area contributed by atoms with Gasteiger partial charge in [-0.25, -0.2) is 0 Å². The summed E-state index contributed by atoms with van der Waals surface area (Å²) in [7, 11) is 0. The lowest BCUT2D eigenvalue weighted by atomic mass is 10.1. The van der Waals surface area contributed by atoms with Crippen LogP contribution in [-0.2, 0) is 24.0 Å². The smallest absolute Gasteiger partial charge is 0.419 e. The summed E-state index contributed by atoms with van der Waals surface area (Å²) in [5, 5.41) is 2.75. The molecule has 2 aromatic carbocycles. The van der Waals surface area contributed by atoms with Gasteiger partial charge in [0, 0.05) is 21.2 Å². The van der Waals surface area contributed by atoms with Gasteiger partial charge < -0.3 is 10.1 Å². The number of carbonyl (C=O) groups excluding carboxylic acids is 1. The number of hydrogen-bond acceptors (Lipinski definition) is 2. The van der Waals surface area contributed by atoms with Gasteiger partial charge in [0.1, 0.15) is 12.4 Å². The SMILES string of the molecule is CCC(=O)Nc1cccc(I)c1COc1ccc(CC)cc1C(F)(F)F. The van der Waals surface area contributed by atoms with E-state index >= 15 is 0 Å². The molecule has 0 unspecified atom stereocenters. The molecule has 0 spiro atoms. The van der Waals surface area contributed by atoms with Gasteiger partial charge in [-0.05, 0) is 58.8 Å². The lowest BCUT2D eigenvalue weighted by Gasteiger charge is -2.17. The number of anilines is 1. The standard InChI is InChI=1S/C19H19F3INO2/c1-3-12-8-9-17(14(10-12)19(20,21)22)26-11-13-15(23)6-5-7-16(13)24-18(25)4-2/h5-10H,3-4,11H2,1-2H3,(H,24,25). The maximum atomic E-state index is 13.3. The molecule has 0 saturated carbocycles. The quantitative estimate of drug-likeness (QED) is 0.535. The number of halogens is 4. The number of nitrogens with one attached hydrogen (secondary N) is 1. The van der Waals surface area contributed by atoms with E-state index in [-0.39, 0.29) is 18.3 Å². The summed E-state index contributed by atoms with van der Waals surface area (Å²) in [6.45, 7) is 3.45. The fraction of sp³-hybridized carbons (Fsp3) is 0.316. The fourth-order valence-corrected chi connectivity index (χ4v) is 3.01. The Bertz CT molecular complexity index is 791. The van der Waals surface area contributed by atoms with Crippen molar-refractivity contribution in [2.45, 2.75) is 39.5 Å². The van der Waals surface area contributed by atoms with Crippen LogP contribution in [-0.4, -0.2) is 5.91 Å². The second kappa shape index (κ2) is 8.75. The van der Waals surface area contributed by atoms with E-state index in [2.05, 4.69) is 27.9 Å². The minimum Gasteiger partial charge on any atom is -0.488 e. The molecule has 0 saturated heterocycles. The Balaban J connectivity index is 2.31. The molecule has 2 rings (SSSR count). The van der Waals surface area contributed by atoms with Crippen molar-refractivity contribution in [2.75, 3.05) is 5.32 Å². The predicted molar refractivity (Wildman–Crippen MR) is 103 cm³/mol. The minimum atomic E-state index is -4.50. The van der Waals surface area contributed by atoms with Crippen molar-refractivity contribution < 1.29 is 22.7 Å². The highest BCUT2D eigenvalue weighted by atomic mass is 127. The normalized spacial score (nSPS) is 11.3. The number of ether oxygens (including phenoxy) is 1. The molecule has 3 nitrogen and oxygen atoms in total. The number of hydrogen-bond donors (Lipinski definition) is 1. The largest absolute Gasteiger partial charge is 0.488 e. The van der Waals surface area contributed by atoms with Crippen molar-refractivity contribution in [1.29, 1.82) is 0 Å². The van der Waals surface area contributed by atoms with Gasteiger partial charge in [0.2, 0.25) is 5.91 Å². The average molecular weight is 477 g/mol. The zero-order valence-electron chi connectivity index (χ0n) is 14.4. The van der Waals surface area contributed by atoms with Crippen molar-refractivity contribution in [3.63, 3.8) is 0 Å². The van der Waals surface area contributed by atoms with Crippen molar-refractivity contribution in [3.05, 3.63) is 56.7 Å². The maximum absolute atomic E-state index is 13.3. The number of benzene rings is 2. The summed E-state index contributed by atoms with van der Waals surface area (Å²) in [5.74, 6) is -0.390. The Morgan fingerprint density at radius 2 is 1.92 bits per heavy atom. The van der Waals surface area contributed by atoms with E-state index < -0.39 is 11.7 Å². The predicted octanol–water partition coefficient (Wildman–Crippen LogP) is 5.80. The fourth-order valence-electron chi connectivity index (χ4n) is 2.36. The number of carbonyl (C=O) groups is 1. The minimum absolute atomic E-state index is 0.0764. The molecule has 1 amide bonds. The van der Waals surface area contributed by atoms with Crippen molar-refractivity contribution >= 4 is 34.2 Å². The Kier molecular flexibility index (Phi) is 6.91. The van der Waals surface area contributed by atoms with Crippen LogP contribution in [0.15, 0.2) is 36.4 Å². The zero-order chi connectivity index (χ0) is 19.3. The molecular weight excluding hydrogens is 458 g/mol. The van der Waals surface area contributed by atoms with Crippen LogP contribution in [0.25, 0.3) is 0 Å². The summed E-state index contributed by atoms with van der Waals surface area (Å²) in [5.41, 5.74) is 0.988. The highest BCUT2D eigenvalue weighted by Crippen LogP contribution is 2.37. The highest BCUT2D eigenvalue weighted by Gasteiger charge is 2.34. The second-order valence-electron chi connectivity index (χ2n) is 5.64. The zero-order valence-corrected chi connectivity index (χ0v) is 16.6. The molecular formula is C19H19F3INO2. The van der Waals surface area contributed by atoms with Gasteiger partial charge in [-0.1, -0.05) is 26.0 Å². The third-order valence-electron chi connectivity index (χ3n) is 3.84. The Morgan fingerprint density at radius 1 is 1.19 bits per heavy atom. The second-order valence-corrected chi connectivity index (χ2v) is 6.80. The molecule has 0 bridgehead atoms. The number of alkyl halides is 3. The summed E-state index contributed by atoms with van der Waals surface area (Å²) in [4.78, 5) is 11.7. The average Bonchev–Trinajstić information content (AvgIpc) is 2.60. The lowest BCUT2D eigenvalue weighted by Crippen LogP contribution is -2.14. The lowest BCUT2D eigenvalue weighted by molar-refractivity contribution is -0.139. The first-order chi connectivity index (χ1) is 12.3. The van der Waals surface area contributed by atoms with Gasteiger partial charge in [-0.3, -0.25) is 4.79 Å². The number of amides is 1. The Labute approximate surface area is 164 Å². The molecule has 0 radical (unpaired) electrons.